The highest BCUT2D eigenvalue weighted by atomic mass is 19.4. The molecule has 10 heteroatoms. The number of halogens is 3. The molecular weight excluding hydrogens is 505 g/mol. The van der Waals surface area contributed by atoms with Crippen LogP contribution in [0.1, 0.15) is 38.3 Å². The van der Waals surface area contributed by atoms with E-state index in [4.69, 9.17) is 0 Å². The second-order valence-corrected chi connectivity index (χ2v) is 9.78. The van der Waals surface area contributed by atoms with Gasteiger partial charge in [-0.05, 0) is 73.1 Å². The van der Waals surface area contributed by atoms with Crippen LogP contribution in [0.25, 0.3) is 17.8 Å². The number of imidazole rings is 1. The van der Waals surface area contributed by atoms with Crippen LogP contribution in [-0.4, -0.2) is 63.5 Å². The maximum atomic E-state index is 13.9. The van der Waals surface area contributed by atoms with Crippen LogP contribution in [-0.2, 0) is 12.7 Å². The Labute approximate surface area is 224 Å². The van der Waals surface area contributed by atoms with Gasteiger partial charge in [-0.15, -0.1) is 0 Å². The van der Waals surface area contributed by atoms with Gasteiger partial charge in [-0.1, -0.05) is 18.2 Å². The van der Waals surface area contributed by atoms with Gasteiger partial charge in [-0.2, -0.15) is 18.3 Å². The Hall–Kier alpha value is -4.02. The van der Waals surface area contributed by atoms with E-state index in [1.807, 2.05) is 43.2 Å². The standard InChI is InChI=1S/C29H29F3N6O/c1-20-5-6-22(16-21(20)8-10-25-18-33-27-4-3-11-34-38(25)27)28(39)35-24-9-7-23(26(17-24)29(30,31)32)19-37-14-12-36(2)13-15-37/h3-11,16-18H,12-15,19H2,1-2H3,(H,35,39)/b10-8+. The molecule has 1 N–H and O–H groups in total. The van der Waals surface area contributed by atoms with Crippen molar-refractivity contribution in [2.45, 2.75) is 19.6 Å². The van der Waals surface area contributed by atoms with Crippen LogP contribution in [0, 0.1) is 6.92 Å². The molecule has 1 amide bonds. The molecule has 1 saturated heterocycles. The average Bonchev–Trinajstić information content (AvgIpc) is 3.33. The molecule has 5 rings (SSSR count). The van der Waals surface area contributed by atoms with Gasteiger partial charge in [0.2, 0.25) is 0 Å². The van der Waals surface area contributed by atoms with E-state index in [0.717, 1.165) is 41.6 Å². The zero-order valence-electron chi connectivity index (χ0n) is 21.7. The van der Waals surface area contributed by atoms with E-state index in [0.29, 0.717) is 18.7 Å². The van der Waals surface area contributed by atoms with Crippen LogP contribution in [0.15, 0.2) is 60.9 Å². The number of aryl methyl sites for hydroxylation is 1. The maximum Gasteiger partial charge on any atom is 0.416 e. The number of amides is 1. The lowest BCUT2D eigenvalue weighted by Crippen LogP contribution is -2.44. The lowest BCUT2D eigenvalue weighted by Gasteiger charge is -2.33. The fourth-order valence-corrected chi connectivity index (χ4v) is 4.60. The van der Waals surface area contributed by atoms with Crippen LogP contribution in [0.2, 0.25) is 0 Å². The number of aromatic nitrogens is 3. The van der Waals surface area contributed by atoms with E-state index in [2.05, 4.69) is 20.3 Å². The zero-order chi connectivity index (χ0) is 27.6. The van der Waals surface area contributed by atoms with Crippen molar-refractivity contribution in [3.8, 4) is 0 Å². The lowest BCUT2D eigenvalue weighted by molar-refractivity contribution is -0.138. The molecule has 39 heavy (non-hydrogen) atoms. The predicted octanol–water partition coefficient (Wildman–Crippen LogP) is 5.23. The Bertz CT molecular complexity index is 1520. The monoisotopic (exact) mass is 534 g/mol. The summed E-state index contributed by atoms with van der Waals surface area (Å²) in [6.45, 7) is 5.20. The van der Waals surface area contributed by atoms with Crippen molar-refractivity contribution in [1.82, 2.24) is 24.4 Å². The molecular formula is C29H29F3N6O. The second kappa shape index (κ2) is 11.0. The minimum absolute atomic E-state index is 0.101. The van der Waals surface area contributed by atoms with E-state index in [9.17, 15) is 18.0 Å². The van der Waals surface area contributed by atoms with Gasteiger partial charge in [0.05, 0.1) is 17.5 Å². The third-order valence-corrected chi connectivity index (χ3v) is 6.94. The quantitative estimate of drug-likeness (QED) is 0.367. The normalized spacial score (nSPS) is 15.3. The summed E-state index contributed by atoms with van der Waals surface area (Å²) in [5.41, 5.74) is 3.15. The number of hydrogen-bond acceptors (Lipinski definition) is 5. The maximum absolute atomic E-state index is 13.9. The van der Waals surface area contributed by atoms with Crippen molar-refractivity contribution in [2.24, 2.45) is 0 Å². The van der Waals surface area contributed by atoms with Crippen LogP contribution in [0.4, 0.5) is 18.9 Å². The minimum atomic E-state index is -4.53. The number of benzene rings is 2. The lowest BCUT2D eigenvalue weighted by atomic mass is 10.0. The average molecular weight is 535 g/mol. The van der Waals surface area contributed by atoms with Crippen molar-refractivity contribution in [1.29, 1.82) is 0 Å². The van der Waals surface area contributed by atoms with Gasteiger partial charge >= 0.3 is 6.18 Å². The van der Waals surface area contributed by atoms with Gasteiger partial charge in [0.1, 0.15) is 0 Å². The first-order valence-corrected chi connectivity index (χ1v) is 12.7. The van der Waals surface area contributed by atoms with E-state index in [1.165, 1.54) is 12.1 Å². The second-order valence-electron chi connectivity index (χ2n) is 9.78. The topological polar surface area (TPSA) is 65.8 Å². The fraction of sp³-hybridized carbons (Fsp3) is 0.276. The van der Waals surface area contributed by atoms with Crippen molar-refractivity contribution in [3.63, 3.8) is 0 Å². The van der Waals surface area contributed by atoms with Crippen molar-refractivity contribution >= 4 is 29.4 Å². The first-order chi connectivity index (χ1) is 18.7. The number of piperazine rings is 1. The van der Waals surface area contributed by atoms with Crippen LogP contribution in [0.5, 0.6) is 0 Å². The number of carbonyl (C=O) groups is 1. The van der Waals surface area contributed by atoms with E-state index >= 15 is 0 Å². The third kappa shape index (κ3) is 6.18. The number of fused-ring (bicyclic) bond motifs is 1. The molecule has 1 fully saturated rings. The van der Waals surface area contributed by atoms with Gasteiger partial charge < -0.3 is 10.2 Å². The van der Waals surface area contributed by atoms with E-state index < -0.39 is 17.6 Å². The number of anilines is 1. The van der Waals surface area contributed by atoms with Gasteiger partial charge in [0.15, 0.2) is 5.65 Å². The molecule has 0 atom stereocenters. The van der Waals surface area contributed by atoms with Crippen LogP contribution < -0.4 is 5.32 Å². The molecule has 1 aliphatic heterocycles. The Balaban J connectivity index is 1.34. The minimum Gasteiger partial charge on any atom is -0.322 e. The van der Waals surface area contributed by atoms with Crippen molar-refractivity contribution in [2.75, 3.05) is 38.5 Å². The molecule has 0 bridgehead atoms. The van der Waals surface area contributed by atoms with E-state index in [-0.39, 0.29) is 17.8 Å². The summed E-state index contributed by atoms with van der Waals surface area (Å²) < 4.78 is 43.5. The molecule has 0 unspecified atom stereocenters. The van der Waals surface area contributed by atoms with Gasteiger partial charge in [0.25, 0.3) is 5.91 Å². The van der Waals surface area contributed by atoms with Crippen LogP contribution >= 0.6 is 0 Å². The first kappa shape index (κ1) is 26.6. The molecule has 0 saturated carbocycles. The number of hydrogen-bond donors (Lipinski definition) is 1. The van der Waals surface area contributed by atoms with Crippen molar-refractivity contribution in [3.05, 3.63) is 94.4 Å². The Kier molecular flexibility index (Phi) is 7.49. The third-order valence-electron chi connectivity index (χ3n) is 6.94. The van der Waals surface area contributed by atoms with Gasteiger partial charge in [-0.25, -0.2) is 9.50 Å². The number of likely N-dealkylation sites (N-methyl/N-ethyl adjacent to an activating group) is 1. The van der Waals surface area contributed by atoms with Gasteiger partial charge in [0, 0.05) is 50.2 Å². The highest BCUT2D eigenvalue weighted by Gasteiger charge is 2.34. The summed E-state index contributed by atoms with van der Waals surface area (Å²) in [5, 5.41) is 6.93. The Morgan fingerprint density at radius 2 is 1.85 bits per heavy atom. The number of carbonyl (C=O) groups excluding carboxylic acids is 1. The van der Waals surface area contributed by atoms with Crippen LogP contribution in [0.3, 0.4) is 0 Å². The summed E-state index contributed by atoms with van der Waals surface area (Å²) in [6, 6.07) is 12.9. The Morgan fingerprint density at radius 3 is 2.62 bits per heavy atom. The molecule has 0 radical (unpaired) electrons. The number of nitrogens with one attached hydrogen (secondary N) is 1. The summed E-state index contributed by atoms with van der Waals surface area (Å²) >= 11 is 0. The summed E-state index contributed by atoms with van der Waals surface area (Å²) in [5.74, 6) is -0.485. The number of alkyl halides is 3. The molecule has 0 aliphatic carbocycles. The fourth-order valence-electron chi connectivity index (χ4n) is 4.60. The highest BCUT2D eigenvalue weighted by molar-refractivity contribution is 6.04. The smallest absolute Gasteiger partial charge is 0.322 e. The predicted molar refractivity (Wildman–Crippen MR) is 145 cm³/mol. The molecule has 0 spiro atoms. The molecule has 2 aromatic heterocycles. The summed E-state index contributed by atoms with van der Waals surface area (Å²) in [6.07, 6.45) is 2.56. The number of rotatable bonds is 6. The summed E-state index contributed by atoms with van der Waals surface area (Å²) in [4.78, 5) is 21.5. The molecule has 4 aromatic rings. The largest absolute Gasteiger partial charge is 0.416 e. The number of nitrogens with zero attached hydrogens (tertiary/aromatic N) is 5. The first-order valence-electron chi connectivity index (χ1n) is 12.7. The molecule has 7 nitrogen and oxygen atoms in total. The molecule has 202 valence electrons. The van der Waals surface area contributed by atoms with E-state index in [1.54, 1.807) is 35.1 Å². The zero-order valence-corrected chi connectivity index (χ0v) is 21.7. The molecule has 2 aromatic carbocycles. The SMILES string of the molecule is Cc1ccc(C(=O)Nc2ccc(CN3CCN(C)CC3)c(C(F)(F)F)c2)cc1/C=C/c1cnc2cccnn12. The van der Waals surface area contributed by atoms with Gasteiger partial charge in [-0.3, -0.25) is 9.69 Å². The molecule has 1 aliphatic rings. The highest BCUT2D eigenvalue weighted by Crippen LogP contribution is 2.34. The summed E-state index contributed by atoms with van der Waals surface area (Å²) in [7, 11) is 2.00. The molecule has 3 heterocycles. The Morgan fingerprint density at radius 1 is 1.05 bits per heavy atom. The van der Waals surface area contributed by atoms with Crippen molar-refractivity contribution < 1.29 is 18.0 Å².